The SMILES string of the molecule is COC(=O)C1CCN(C(=O)CN2CCCC2c2cccc(OC)c2)CC1. The number of nitrogens with zero attached hydrogens (tertiary/aromatic N) is 2. The van der Waals surface area contributed by atoms with Crippen molar-refractivity contribution < 1.29 is 19.1 Å². The number of hydrogen-bond donors (Lipinski definition) is 0. The molecule has 26 heavy (non-hydrogen) atoms. The smallest absolute Gasteiger partial charge is 0.308 e. The van der Waals surface area contributed by atoms with Gasteiger partial charge in [0.15, 0.2) is 0 Å². The van der Waals surface area contributed by atoms with Crippen molar-refractivity contribution in [2.24, 2.45) is 5.92 Å². The van der Waals surface area contributed by atoms with Crippen molar-refractivity contribution in [3.05, 3.63) is 29.8 Å². The van der Waals surface area contributed by atoms with E-state index in [0.717, 1.165) is 25.1 Å². The molecule has 1 atom stereocenters. The van der Waals surface area contributed by atoms with Crippen LogP contribution < -0.4 is 4.74 Å². The Kier molecular flexibility index (Phi) is 6.14. The van der Waals surface area contributed by atoms with Crippen molar-refractivity contribution in [3.63, 3.8) is 0 Å². The van der Waals surface area contributed by atoms with Gasteiger partial charge in [0, 0.05) is 19.1 Å². The normalized spacial score (nSPS) is 21.6. The molecule has 3 rings (SSSR count). The molecule has 1 amide bonds. The number of piperidine rings is 1. The van der Waals surface area contributed by atoms with Crippen LogP contribution in [0.5, 0.6) is 5.75 Å². The van der Waals surface area contributed by atoms with Crippen molar-refractivity contribution in [2.75, 3.05) is 40.4 Å². The maximum atomic E-state index is 12.7. The lowest BCUT2D eigenvalue weighted by atomic mass is 9.97. The molecule has 0 aliphatic carbocycles. The van der Waals surface area contributed by atoms with E-state index in [2.05, 4.69) is 17.0 Å². The summed E-state index contributed by atoms with van der Waals surface area (Å²) in [7, 11) is 3.10. The van der Waals surface area contributed by atoms with E-state index < -0.39 is 0 Å². The molecule has 0 N–H and O–H groups in total. The first-order chi connectivity index (χ1) is 12.6. The highest BCUT2D eigenvalue weighted by molar-refractivity contribution is 5.79. The van der Waals surface area contributed by atoms with Gasteiger partial charge < -0.3 is 14.4 Å². The van der Waals surface area contributed by atoms with E-state index >= 15 is 0 Å². The first-order valence-corrected chi connectivity index (χ1v) is 9.36. The highest BCUT2D eigenvalue weighted by atomic mass is 16.5. The Hall–Kier alpha value is -2.08. The number of methoxy groups -OCH3 is 2. The molecule has 0 saturated carbocycles. The second-order valence-electron chi connectivity index (χ2n) is 7.08. The van der Waals surface area contributed by atoms with Crippen LogP contribution in [0.25, 0.3) is 0 Å². The largest absolute Gasteiger partial charge is 0.497 e. The summed E-state index contributed by atoms with van der Waals surface area (Å²) in [6, 6.07) is 8.39. The van der Waals surface area contributed by atoms with E-state index in [0.29, 0.717) is 32.5 Å². The molecule has 0 spiro atoms. The standard InChI is InChI=1S/C20H28N2O4/c1-25-17-6-3-5-16(13-17)18-7-4-10-22(18)14-19(23)21-11-8-15(9-12-21)20(24)26-2/h3,5-6,13,15,18H,4,7-12,14H2,1-2H3. The zero-order chi connectivity index (χ0) is 18.5. The average molecular weight is 360 g/mol. The lowest BCUT2D eigenvalue weighted by molar-refractivity contribution is -0.149. The Bertz CT molecular complexity index is 640. The maximum absolute atomic E-state index is 12.7. The van der Waals surface area contributed by atoms with E-state index in [9.17, 15) is 9.59 Å². The average Bonchev–Trinajstić information content (AvgIpc) is 3.15. The van der Waals surface area contributed by atoms with Gasteiger partial charge in [0.05, 0.1) is 26.7 Å². The quantitative estimate of drug-likeness (QED) is 0.754. The van der Waals surface area contributed by atoms with Crippen LogP contribution in [0.4, 0.5) is 0 Å². The number of likely N-dealkylation sites (tertiary alicyclic amines) is 2. The van der Waals surface area contributed by atoms with Gasteiger partial charge in [-0.25, -0.2) is 0 Å². The molecule has 142 valence electrons. The van der Waals surface area contributed by atoms with E-state index in [1.54, 1.807) is 7.11 Å². The third-order valence-corrected chi connectivity index (χ3v) is 5.56. The van der Waals surface area contributed by atoms with Gasteiger partial charge in [-0.05, 0) is 49.9 Å². The molecule has 2 aliphatic rings. The summed E-state index contributed by atoms with van der Waals surface area (Å²) in [6.07, 6.45) is 3.54. The summed E-state index contributed by atoms with van der Waals surface area (Å²) in [6.45, 7) is 2.64. The van der Waals surface area contributed by atoms with Crippen molar-refractivity contribution in [1.82, 2.24) is 9.80 Å². The predicted molar refractivity (Wildman–Crippen MR) is 97.9 cm³/mol. The first-order valence-electron chi connectivity index (χ1n) is 9.36. The molecular formula is C20H28N2O4. The van der Waals surface area contributed by atoms with E-state index in [1.807, 2.05) is 17.0 Å². The Balaban J connectivity index is 1.57. The van der Waals surface area contributed by atoms with Crippen LogP contribution in [-0.4, -0.2) is 62.1 Å². The maximum Gasteiger partial charge on any atom is 0.308 e. The van der Waals surface area contributed by atoms with Crippen LogP contribution in [0.3, 0.4) is 0 Å². The number of carbonyl (C=O) groups excluding carboxylic acids is 2. The molecule has 2 saturated heterocycles. The van der Waals surface area contributed by atoms with Gasteiger partial charge in [-0.1, -0.05) is 12.1 Å². The lowest BCUT2D eigenvalue weighted by Crippen LogP contribution is -2.45. The van der Waals surface area contributed by atoms with Crippen molar-refractivity contribution in [3.8, 4) is 5.75 Å². The molecule has 1 unspecified atom stereocenters. The molecule has 2 heterocycles. The molecule has 6 nitrogen and oxygen atoms in total. The fraction of sp³-hybridized carbons (Fsp3) is 0.600. The number of esters is 1. The number of ether oxygens (including phenoxy) is 2. The van der Waals surface area contributed by atoms with Gasteiger partial charge in [0.2, 0.25) is 5.91 Å². The van der Waals surface area contributed by atoms with Crippen molar-refractivity contribution in [1.29, 1.82) is 0 Å². The second kappa shape index (κ2) is 8.54. The van der Waals surface area contributed by atoms with Gasteiger partial charge in [-0.2, -0.15) is 0 Å². The van der Waals surface area contributed by atoms with Crippen LogP contribution in [0.15, 0.2) is 24.3 Å². The van der Waals surface area contributed by atoms with Crippen molar-refractivity contribution in [2.45, 2.75) is 31.7 Å². The van der Waals surface area contributed by atoms with Crippen molar-refractivity contribution >= 4 is 11.9 Å². The van der Waals surface area contributed by atoms with Gasteiger partial charge in [-0.15, -0.1) is 0 Å². The Morgan fingerprint density at radius 3 is 2.58 bits per heavy atom. The van der Waals surface area contributed by atoms with E-state index in [4.69, 9.17) is 9.47 Å². The Labute approximate surface area is 155 Å². The van der Waals surface area contributed by atoms with Crippen LogP contribution in [0.1, 0.15) is 37.3 Å². The van der Waals surface area contributed by atoms with Gasteiger partial charge in [-0.3, -0.25) is 14.5 Å². The molecular weight excluding hydrogens is 332 g/mol. The minimum Gasteiger partial charge on any atom is -0.497 e. The monoisotopic (exact) mass is 360 g/mol. The molecule has 6 heteroatoms. The molecule has 1 aromatic rings. The Morgan fingerprint density at radius 1 is 1.12 bits per heavy atom. The third kappa shape index (κ3) is 4.18. The van der Waals surface area contributed by atoms with Crippen LogP contribution in [0, 0.1) is 5.92 Å². The number of rotatable bonds is 5. The topological polar surface area (TPSA) is 59.1 Å². The lowest BCUT2D eigenvalue weighted by Gasteiger charge is -2.33. The Morgan fingerprint density at radius 2 is 1.88 bits per heavy atom. The molecule has 2 fully saturated rings. The summed E-state index contributed by atoms with van der Waals surface area (Å²) in [4.78, 5) is 28.5. The highest BCUT2D eigenvalue weighted by Gasteiger charge is 2.32. The van der Waals surface area contributed by atoms with Gasteiger partial charge in [0.25, 0.3) is 0 Å². The first kappa shape index (κ1) is 18.7. The number of carbonyl (C=O) groups is 2. The highest BCUT2D eigenvalue weighted by Crippen LogP contribution is 2.33. The summed E-state index contributed by atoms with van der Waals surface area (Å²) in [5.41, 5.74) is 1.21. The van der Waals surface area contributed by atoms with E-state index in [1.165, 1.54) is 12.7 Å². The van der Waals surface area contributed by atoms with E-state index in [-0.39, 0.29) is 23.8 Å². The number of hydrogen-bond acceptors (Lipinski definition) is 5. The third-order valence-electron chi connectivity index (χ3n) is 5.56. The summed E-state index contributed by atoms with van der Waals surface area (Å²) in [5, 5.41) is 0. The second-order valence-corrected chi connectivity index (χ2v) is 7.08. The fourth-order valence-electron chi connectivity index (χ4n) is 4.05. The molecule has 2 aliphatic heterocycles. The number of benzene rings is 1. The van der Waals surface area contributed by atoms with Gasteiger partial charge >= 0.3 is 5.97 Å². The molecule has 1 aromatic carbocycles. The predicted octanol–water partition coefficient (Wildman–Crippen LogP) is 2.24. The molecule has 0 aromatic heterocycles. The van der Waals surface area contributed by atoms with Gasteiger partial charge in [0.1, 0.15) is 5.75 Å². The zero-order valence-electron chi connectivity index (χ0n) is 15.6. The molecule has 0 radical (unpaired) electrons. The summed E-state index contributed by atoms with van der Waals surface area (Å²) < 4.78 is 10.1. The van der Waals surface area contributed by atoms with Crippen LogP contribution >= 0.6 is 0 Å². The summed E-state index contributed by atoms with van der Waals surface area (Å²) >= 11 is 0. The number of amides is 1. The zero-order valence-corrected chi connectivity index (χ0v) is 15.6. The fourth-order valence-corrected chi connectivity index (χ4v) is 4.05. The van der Waals surface area contributed by atoms with Crippen LogP contribution in [0.2, 0.25) is 0 Å². The molecule has 0 bridgehead atoms. The summed E-state index contributed by atoms with van der Waals surface area (Å²) in [5.74, 6) is 0.781. The minimum atomic E-state index is -0.158. The minimum absolute atomic E-state index is 0.0691. The van der Waals surface area contributed by atoms with Crippen LogP contribution in [-0.2, 0) is 14.3 Å².